The third-order valence-electron chi connectivity index (χ3n) is 5.27. The standard InChI is InChI=1S/C20H21ClN4O2/c21-14-3-4-17-18(10-14)23-7-5-19(17)27-16-6-9-24(12-16)13-20(26)25-8-1-2-15(25)11-22/h3-5,7,10,15-16H,1-2,6,8-9,12-13H2/t15?,16-/m0/s1. The van der Waals surface area contributed by atoms with E-state index in [4.69, 9.17) is 21.6 Å². The Morgan fingerprint density at radius 2 is 2.22 bits per heavy atom. The molecule has 4 rings (SSSR count). The minimum absolute atomic E-state index is 0.0319. The number of nitriles is 1. The van der Waals surface area contributed by atoms with Gasteiger partial charge in [-0.1, -0.05) is 11.6 Å². The number of benzene rings is 1. The van der Waals surface area contributed by atoms with Crippen molar-refractivity contribution in [2.24, 2.45) is 0 Å². The third kappa shape index (κ3) is 3.85. The number of ether oxygens (including phenoxy) is 1. The first-order chi connectivity index (χ1) is 13.1. The van der Waals surface area contributed by atoms with E-state index in [1.807, 2.05) is 24.3 Å². The molecule has 0 saturated carbocycles. The summed E-state index contributed by atoms with van der Waals surface area (Å²) >= 11 is 6.04. The van der Waals surface area contributed by atoms with Crippen molar-refractivity contribution in [3.8, 4) is 11.8 Å². The number of hydrogen-bond acceptors (Lipinski definition) is 5. The van der Waals surface area contributed by atoms with Crippen molar-refractivity contribution in [1.82, 2.24) is 14.8 Å². The number of carbonyl (C=O) groups is 1. The lowest BCUT2D eigenvalue weighted by Gasteiger charge is -2.23. The molecule has 0 aliphatic carbocycles. The number of pyridine rings is 1. The summed E-state index contributed by atoms with van der Waals surface area (Å²) in [6.45, 7) is 2.56. The molecule has 2 fully saturated rings. The van der Waals surface area contributed by atoms with Crippen molar-refractivity contribution in [2.45, 2.75) is 31.4 Å². The van der Waals surface area contributed by atoms with Crippen LogP contribution in [0.3, 0.4) is 0 Å². The quantitative estimate of drug-likeness (QED) is 0.810. The van der Waals surface area contributed by atoms with E-state index in [1.54, 1.807) is 11.1 Å². The second kappa shape index (κ2) is 7.71. The summed E-state index contributed by atoms with van der Waals surface area (Å²) < 4.78 is 6.21. The van der Waals surface area contributed by atoms with Crippen LogP contribution in [0.2, 0.25) is 5.02 Å². The van der Waals surface area contributed by atoms with Crippen LogP contribution in [0.15, 0.2) is 30.5 Å². The number of nitrogens with zero attached hydrogens (tertiary/aromatic N) is 4. The fourth-order valence-electron chi connectivity index (χ4n) is 3.90. The largest absolute Gasteiger partial charge is 0.488 e. The van der Waals surface area contributed by atoms with Crippen LogP contribution >= 0.6 is 11.6 Å². The molecule has 3 heterocycles. The molecule has 140 valence electrons. The predicted octanol–water partition coefficient (Wildman–Crippen LogP) is 2.86. The molecule has 2 aliphatic rings. The van der Waals surface area contributed by atoms with Crippen molar-refractivity contribution >= 4 is 28.4 Å². The van der Waals surface area contributed by atoms with Gasteiger partial charge in [0.05, 0.1) is 18.1 Å². The van der Waals surface area contributed by atoms with E-state index in [0.717, 1.165) is 42.5 Å². The molecule has 0 radical (unpaired) electrons. The Morgan fingerprint density at radius 3 is 3.07 bits per heavy atom. The second-order valence-corrected chi connectivity index (χ2v) is 7.54. The summed E-state index contributed by atoms with van der Waals surface area (Å²) in [6, 6.07) is 9.41. The van der Waals surface area contributed by atoms with Crippen LogP contribution in [-0.4, -0.2) is 59.0 Å². The van der Waals surface area contributed by atoms with Gasteiger partial charge in [0.2, 0.25) is 5.91 Å². The molecule has 0 bridgehead atoms. The van der Waals surface area contributed by atoms with Crippen LogP contribution in [0, 0.1) is 11.3 Å². The van der Waals surface area contributed by atoms with E-state index in [1.165, 1.54) is 0 Å². The number of amides is 1. The van der Waals surface area contributed by atoms with E-state index in [2.05, 4.69) is 16.0 Å². The van der Waals surface area contributed by atoms with Crippen LogP contribution in [0.1, 0.15) is 19.3 Å². The zero-order chi connectivity index (χ0) is 18.8. The van der Waals surface area contributed by atoms with Gasteiger partial charge < -0.3 is 9.64 Å². The molecule has 0 N–H and O–H groups in total. The van der Waals surface area contributed by atoms with Crippen molar-refractivity contribution in [1.29, 1.82) is 5.26 Å². The fourth-order valence-corrected chi connectivity index (χ4v) is 4.06. The average molecular weight is 385 g/mol. The number of carbonyl (C=O) groups excluding carboxylic acids is 1. The molecule has 27 heavy (non-hydrogen) atoms. The molecule has 0 spiro atoms. The highest BCUT2D eigenvalue weighted by atomic mass is 35.5. The first-order valence-electron chi connectivity index (χ1n) is 9.26. The lowest BCUT2D eigenvalue weighted by Crippen LogP contribution is -2.42. The van der Waals surface area contributed by atoms with Crippen LogP contribution in [0.5, 0.6) is 5.75 Å². The number of aromatic nitrogens is 1. The third-order valence-corrected chi connectivity index (χ3v) is 5.50. The average Bonchev–Trinajstić information content (AvgIpc) is 3.30. The second-order valence-electron chi connectivity index (χ2n) is 7.11. The molecule has 1 aromatic carbocycles. The monoisotopic (exact) mass is 384 g/mol. The summed E-state index contributed by atoms with van der Waals surface area (Å²) in [5.74, 6) is 0.836. The minimum atomic E-state index is -0.262. The lowest BCUT2D eigenvalue weighted by molar-refractivity contribution is -0.132. The maximum absolute atomic E-state index is 12.5. The molecule has 1 amide bonds. The van der Waals surface area contributed by atoms with Crippen LogP contribution < -0.4 is 4.74 Å². The van der Waals surface area contributed by atoms with Crippen LogP contribution in [0.25, 0.3) is 10.9 Å². The van der Waals surface area contributed by atoms with E-state index >= 15 is 0 Å². The number of likely N-dealkylation sites (tertiary alicyclic amines) is 2. The van der Waals surface area contributed by atoms with Gasteiger partial charge in [-0.15, -0.1) is 0 Å². The predicted molar refractivity (Wildman–Crippen MR) is 103 cm³/mol. The molecule has 1 aromatic heterocycles. The van der Waals surface area contributed by atoms with Gasteiger partial charge in [-0.05, 0) is 43.5 Å². The Hall–Kier alpha value is -2.36. The molecular formula is C20H21ClN4O2. The number of fused-ring (bicyclic) bond motifs is 1. The molecule has 2 saturated heterocycles. The number of rotatable bonds is 4. The summed E-state index contributed by atoms with van der Waals surface area (Å²) in [4.78, 5) is 20.7. The van der Waals surface area contributed by atoms with Crippen molar-refractivity contribution in [3.05, 3.63) is 35.5 Å². The zero-order valence-electron chi connectivity index (χ0n) is 15.0. The van der Waals surface area contributed by atoms with Gasteiger partial charge in [0.1, 0.15) is 17.9 Å². The van der Waals surface area contributed by atoms with Gasteiger partial charge in [0.25, 0.3) is 0 Å². The molecule has 2 atom stereocenters. The van der Waals surface area contributed by atoms with E-state index in [9.17, 15) is 4.79 Å². The number of hydrogen-bond donors (Lipinski definition) is 0. The van der Waals surface area contributed by atoms with E-state index in [0.29, 0.717) is 24.7 Å². The highest BCUT2D eigenvalue weighted by Gasteiger charge is 2.32. The molecule has 2 aliphatic heterocycles. The topological polar surface area (TPSA) is 69.5 Å². The van der Waals surface area contributed by atoms with E-state index < -0.39 is 0 Å². The Morgan fingerprint density at radius 1 is 1.33 bits per heavy atom. The van der Waals surface area contributed by atoms with Crippen molar-refractivity contribution in [3.63, 3.8) is 0 Å². The van der Waals surface area contributed by atoms with E-state index in [-0.39, 0.29) is 18.1 Å². The first-order valence-corrected chi connectivity index (χ1v) is 9.64. The highest BCUT2D eigenvalue weighted by molar-refractivity contribution is 6.31. The summed E-state index contributed by atoms with van der Waals surface area (Å²) in [6.07, 6.45) is 4.32. The first kappa shape index (κ1) is 18.0. The van der Waals surface area contributed by atoms with Gasteiger partial charge in [-0.2, -0.15) is 5.26 Å². The smallest absolute Gasteiger partial charge is 0.237 e. The molecule has 2 aromatic rings. The fraction of sp³-hybridized carbons (Fsp3) is 0.450. The summed E-state index contributed by atoms with van der Waals surface area (Å²) in [7, 11) is 0. The lowest BCUT2D eigenvalue weighted by atomic mass is 10.2. The normalized spacial score (nSPS) is 22.9. The SMILES string of the molecule is N#CC1CCCN1C(=O)CN1CC[C@H](Oc2ccnc3cc(Cl)ccc23)C1. The van der Waals surface area contributed by atoms with Gasteiger partial charge in [0, 0.05) is 36.2 Å². The van der Waals surface area contributed by atoms with Gasteiger partial charge in [0.15, 0.2) is 0 Å². The van der Waals surface area contributed by atoms with Gasteiger partial charge in [-0.3, -0.25) is 14.7 Å². The minimum Gasteiger partial charge on any atom is -0.488 e. The maximum Gasteiger partial charge on any atom is 0.237 e. The molecule has 7 heteroatoms. The van der Waals surface area contributed by atoms with Crippen LogP contribution in [-0.2, 0) is 4.79 Å². The Labute approximate surface area is 163 Å². The molecule has 6 nitrogen and oxygen atoms in total. The van der Waals surface area contributed by atoms with Gasteiger partial charge >= 0.3 is 0 Å². The van der Waals surface area contributed by atoms with Gasteiger partial charge in [-0.25, -0.2) is 0 Å². The molecule has 1 unspecified atom stereocenters. The van der Waals surface area contributed by atoms with Crippen molar-refractivity contribution in [2.75, 3.05) is 26.2 Å². The Balaban J connectivity index is 1.38. The highest BCUT2D eigenvalue weighted by Crippen LogP contribution is 2.28. The van der Waals surface area contributed by atoms with Crippen LogP contribution in [0.4, 0.5) is 0 Å². The number of halogens is 1. The molecular weight excluding hydrogens is 364 g/mol. The summed E-state index contributed by atoms with van der Waals surface area (Å²) in [5, 5.41) is 10.7. The zero-order valence-corrected chi connectivity index (χ0v) is 15.7. The summed E-state index contributed by atoms with van der Waals surface area (Å²) in [5.41, 5.74) is 0.807. The van der Waals surface area contributed by atoms with Crippen molar-refractivity contribution < 1.29 is 9.53 Å². The Kier molecular flexibility index (Phi) is 5.15. The maximum atomic E-state index is 12.5. The Bertz CT molecular complexity index is 897.